The third kappa shape index (κ3) is 5.71. The number of ether oxygens (including phenoxy) is 1. The number of allylic oxidation sites excluding steroid dienone is 1. The highest BCUT2D eigenvalue weighted by molar-refractivity contribution is 6.30. The number of hydrogen-bond acceptors (Lipinski definition) is 3. The van der Waals surface area contributed by atoms with Gasteiger partial charge in [0.15, 0.2) is 0 Å². The minimum Gasteiger partial charge on any atom is -0.444 e. The van der Waals surface area contributed by atoms with Crippen LogP contribution in [0.25, 0.3) is 0 Å². The summed E-state index contributed by atoms with van der Waals surface area (Å²) in [6, 6.07) is 3.15. The SMILES string of the molecule is CC(C)(C)OC(=O)N1CC/C(=C\C#Cc2cc(Cl)ccn2)C(F)(F)C1. The second-order valence-corrected chi connectivity index (χ2v) is 7.09. The number of likely N-dealkylation sites (tertiary alicyclic amines) is 1. The lowest BCUT2D eigenvalue weighted by Crippen LogP contribution is -2.48. The standard InChI is InChI=1S/C18H19ClF2N2O2/c1-17(2,3)25-16(24)23-10-8-13(18(20,21)12-23)5-4-6-15-11-14(19)7-9-22-15/h5,7,9,11H,8,10,12H2,1-3H3/b13-5+. The van der Waals surface area contributed by atoms with Crippen LogP contribution < -0.4 is 0 Å². The van der Waals surface area contributed by atoms with Gasteiger partial charge in [0.2, 0.25) is 0 Å². The zero-order chi connectivity index (χ0) is 18.7. The lowest BCUT2D eigenvalue weighted by atomic mass is 10.00. The van der Waals surface area contributed by atoms with E-state index >= 15 is 0 Å². The zero-order valence-corrected chi connectivity index (χ0v) is 15.0. The van der Waals surface area contributed by atoms with E-state index in [0.29, 0.717) is 10.7 Å². The number of halogens is 3. The Morgan fingerprint density at radius 3 is 2.80 bits per heavy atom. The van der Waals surface area contributed by atoms with Gasteiger partial charge in [0.1, 0.15) is 11.3 Å². The van der Waals surface area contributed by atoms with Gasteiger partial charge in [-0.3, -0.25) is 0 Å². The number of rotatable bonds is 0. The first-order valence-corrected chi connectivity index (χ1v) is 8.13. The molecule has 1 fully saturated rings. The smallest absolute Gasteiger partial charge is 0.410 e. The van der Waals surface area contributed by atoms with E-state index in [1.807, 2.05) is 0 Å². The van der Waals surface area contributed by atoms with E-state index in [1.165, 1.54) is 12.3 Å². The second kappa shape index (κ2) is 7.40. The van der Waals surface area contributed by atoms with Crippen LogP contribution in [0, 0.1) is 11.8 Å². The van der Waals surface area contributed by atoms with Gasteiger partial charge in [-0.1, -0.05) is 17.5 Å². The molecule has 7 heteroatoms. The van der Waals surface area contributed by atoms with E-state index in [9.17, 15) is 13.6 Å². The number of carbonyl (C=O) groups excluding carboxylic acids is 1. The van der Waals surface area contributed by atoms with E-state index in [2.05, 4.69) is 16.8 Å². The molecule has 25 heavy (non-hydrogen) atoms. The van der Waals surface area contributed by atoms with Crippen LogP contribution in [0.2, 0.25) is 5.02 Å². The molecular formula is C18H19ClF2N2O2. The molecule has 0 radical (unpaired) electrons. The molecule has 1 saturated heterocycles. The molecule has 1 aliphatic heterocycles. The van der Waals surface area contributed by atoms with Crippen molar-refractivity contribution in [2.75, 3.05) is 13.1 Å². The van der Waals surface area contributed by atoms with Crippen molar-refractivity contribution in [2.45, 2.75) is 38.7 Å². The highest BCUT2D eigenvalue weighted by atomic mass is 35.5. The highest BCUT2D eigenvalue weighted by Gasteiger charge is 2.42. The number of nitrogens with zero attached hydrogens (tertiary/aromatic N) is 2. The average Bonchev–Trinajstić information content (AvgIpc) is 2.46. The molecule has 134 valence electrons. The summed E-state index contributed by atoms with van der Waals surface area (Å²) >= 11 is 5.82. The Morgan fingerprint density at radius 1 is 1.48 bits per heavy atom. The summed E-state index contributed by atoms with van der Waals surface area (Å²) in [4.78, 5) is 16.9. The van der Waals surface area contributed by atoms with Crippen LogP contribution in [0.15, 0.2) is 30.0 Å². The Kier molecular flexibility index (Phi) is 5.69. The molecule has 0 saturated carbocycles. The van der Waals surface area contributed by atoms with Crippen molar-refractivity contribution < 1.29 is 18.3 Å². The van der Waals surface area contributed by atoms with Crippen LogP contribution in [0.5, 0.6) is 0 Å². The van der Waals surface area contributed by atoms with Gasteiger partial charge in [-0.25, -0.2) is 9.78 Å². The van der Waals surface area contributed by atoms with Gasteiger partial charge in [-0.2, -0.15) is 8.78 Å². The van der Waals surface area contributed by atoms with Crippen molar-refractivity contribution in [3.63, 3.8) is 0 Å². The minimum atomic E-state index is -3.15. The summed E-state index contributed by atoms with van der Waals surface area (Å²) in [5, 5.41) is 0.475. The molecule has 2 rings (SSSR count). The predicted molar refractivity (Wildman–Crippen MR) is 91.6 cm³/mol. The maximum atomic E-state index is 14.3. The monoisotopic (exact) mass is 368 g/mol. The number of piperidine rings is 1. The Bertz CT molecular complexity index is 745. The first kappa shape index (κ1) is 19.2. The van der Waals surface area contributed by atoms with E-state index < -0.39 is 24.2 Å². The van der Waals surface area contributed by atoms with Crippen LogP contribution >= 0.6 is 11.6 Å². The molecule has 0 spiro atoms. The molecule has 0 bridgehead atoms. The van der Waals surface area contributed by atoms with Crippen LogP contribution in [0.4, 0.5) is 13.6 Å². The highest BCUT2D eigenvalue weighted by Crippen LogP contribution is 2.32. The summed E-state index contributed by atoms with van der Waals surface area (Å²) in [6.45, 7) is 4.52. The normalized spacial score (nSPS) is 18.5. The summed E-state index contributed by atoms with van der Waals surface area (Å²) in [6.07, 6.45) is 1.98. The van der Waals surface area contributed by atoms with E-state index in [4.69, 9.17) is 16.3 Å². The number of alkyl halides is 2. The van der Waals surface area contributed by atoms with Crippen molar-refractivity contribution >= 4 is 17.7 Å². The number of pyridine rings is 1. The molecule has 1 aromatic heterocycles. The molecule has 0 atom stereocenters. The van der Waals surface area contributed by atoms with Crippen LogP contribution in [0.3, 0.4) is 0 Å². The van der Waals surface area contributed by atoms with E-state index in [1.54, 1.807) is 32.9 Å². The number of amides is 1. The van der Waals surface area contributed by atoms with Gasteiger partial charge < -0.3 is 9.64 Å². The van der Waals surface area contributed by atoms with Crippen molar-refractivity contribution in [1.29, 1.82) is 0 Å². The van der Waals surface area contributed by atoms with Gasteiger partial charge >= 0.3 is 6.09 Å². The predicted octanol–water partition coefficient (Wildman–Crippen LogP) is 4.29. The second-order valence-electron chi connectivity index (χ2n) is 6.65. The molecular weight excluding hydrogens is 350 g/mol. The molecule has 1 aliphatic rings. The van der Waals surface area contributed by atoms with Crippen molar-refractivity contribution in [1.82, 2.24) is 9.88 Å². The van der Waals surface area contributed by atoms with Gasteiger partial charge in [0, 0.05) is 23.3 Å². The fraction of sp³-hybridized carbons (Fsp3) is 0.444. The third-order valence-electron chi connectivity index (χ3n) is 3.33. The number of aromatic nitrogens is 1. The molecule has 0 aromatic carbocycles. The van der Waals surface area contributed by atoms with Crippen LogP contribution in [0.1, 0.15) is 32.9 Å². The van der Waals surface area contributed by atoms with Crippen molar-refractivity contribution in [3.05, 3.63) is 40.7 Å². The van der Waals surface area contributed by atoms with Gasteiger partial charge in [-0.15, -0.1) is 0 Å². The molecule has 2 heterocycles. The van der Waals surface area contributed by atoms with Gasteiger partial charge in [-0.05, 0) is 51.3 Å². The van der Waals surface area contributed by atoms with Gasteiger partial charge in [0.25, 0.3) is 5.92 Å². The first-order valence-electron chi connectivity index (χ1n) is 7.75. The summed E-state index contributed by atoms with van der Waals surface area (Å²) < 4.78 is 33.7. The number of carbonyl (C=O) groups is 1. The lowest BCUT2D eigenvalue weighted by Gasteiger charge is -2.35. The van der Waals surface area contributed by atoms with E-state index in [-0.39, 0.29) is 18.5 Å². The topological polar surface area (TPSA) is 42.4 Å². The zero-order valence-electron chi connectivity index (χ0n) is 14.3. The van der Waals surface area contributed by atoms with Crippen LogP contribution in [-0.2, 0) is 4.74 Å². The largest absolute Gasteiger partial charge is 0.444 e. The lowest BCUT2D eigenvalue weighted by molar-refractivity contribution is -0.0345. The molecule has 0 unspecified atom stereocenters. The summed E-state index contributed by atoms with van der Waals surface area (Å²) in [7, 11) is 0. The van der Waals surface area contributed by atoms with Crippen molar-refractivity contribution in [3.8, 4) is 11.8 Å². The Hall–Kier alpha value is -2.13. The van der Waals surface area contributed by atoms with Crippen molar-refractivity contribution in [2.24, 2.45) is 0 Å². The van der Waals surface area contributed by atoms with Gasteiger partial charge in [0.05, 0.1) is 6.54 Å². The molecule has 1 amide bonds. The van der Waals surface area contributed by atoms with E-state index in [0.717, 1.165) is 4.90 Å². The summed E-state index contributed by atoms with van der Waals surface area (Å²) in [5.74, 6) is 2.12. The molecule has 0 N–H and O–H groups in total. The third-order valence-corrected chi connectivity index (χ3v) is 3.57. The molecule has 0 aliphatic carbocycles. The fourth-order valence-electron chi connectivity index (χ4n) is 2.19. The first-order chi connectivity index (χ1) is 11.6. The minimum absolute atomic E-state index is 0.0316. The molecule has 1 aromatic rings. The maximum absolute atomic E-state index is 14.3. The summed E-state index contributed by atoms with van der Waals surface area (Å²) in [5.41, 5.74) is -0.432. The quantitative estimate of drug-likeness (QED) is 0.641. The Labute approximate surface area is 150 Å². The maximum Gasteiger partial charge on any atom is 0.410 e. The van der Waals surface area contributed by atoms with Crippen LogP contribution in [-0.4, -0.2) is 40.6 Å². The Morgan fingerprint density at radius 2 is 2.20 bits per heavy atom. The molecule has 4 nitrogen and oxygen atoms in total. The number of hydrogen-bond donors (Lipinski definition) is 0. The Balaban J connectivity index is 2.07. The average molecular weight is 369 g/mol. The fourth-order valence-corrected chi connectivity index (χ4v) is 2.35.